The van der Waals surface area contributed by atoms with Crippen molar-refractivity contribution in [3.8, 4) is 11.8 Å². The maximum Gasteiger partial charge on any atom is 0.234 e. The van der Waals surface area contributed by atoms with Gasteiger partial charge in [-0.1, -0.05) is 18.8 Å². The molecule has 0 fully saturated rings. The topological polar surface area (TPSA) is 95.1 Å². The minimum absolute atomic E-state index is 0.0293. The van der Waals surface area contributed by atoms with Gasteiger partial charge in [0.2, 0.25) is 11.9 Å². The number of anilines is 3. The third-order valence-electron chi connectivity index (χ3n) is 3.68. The van der Waals surface area contributed by atoms with Crippen LogP contribution in [0.5, 0.6) is 0 Å². The predicted octanol–water partition coefficient (Wildman–Crippen LogP) is 2.62. The van der Waals surface area contributed by atoms with Gasteiger partial charge < -0.3 is 20.9 Å². The molecule has 9 heteroatoms. The summed E-state index contributed by atoms with van der Waals surface area (Å²) in [4.78, 5) is 22.4. The van der Waals surface area contributed by atoms with Crippen molar-refractivity contribution >= 4 is 34.2 Å². The number of carbonyl (C=O) groups is 1. The molecule has 156 valence electrons. The highest BCUT2D eigenvalue weighted by molar-refractivity contribution is 7.10. The van der Waals surface area contributed by atoms with Crippen LogP contribution in [0.25, 0.3) is 0 Å². The Morgan fingerprint density at radius 2 is 2.14 bits per heavy atom. The molecule has 2 heterocycles. The lowest BCUT2D eigenvalue weighted by Crippen LogP contribution is -2.33. The fourth-order valence-electron chi connectivity index (χ4n) is 2.35. The summed E-state index contributed by atoms with van der Waals surface area (Å²) in [6.45, 7) is 5.88. The van der Waals surface area contributed by atoms with Gasteiger partial charge in [0.15, 0.2) is 0 Å². The number of unbranched alkanes of at least 4 members (excludes halogenated alkanes) is 1. The van der Waals surface area contributed by atoms with Crippen LogP contribution in [0, 0.1) is 18.8 Å². The van der Waals surface area contributed by atoms with Crippen LogP contribution in [0.1, 0.15) is 37.4 Å². The summed E-state index contributed by atoms with van der Waals surface area (Å²) in [6, 6.07) is 1.96. The molecule has 2 aromatic heterocycles. The summed E-state index contributed by atoms with van der Waals surface area (Å²) >= 11 is 1.38. The predicted molar refractivity (Wildman–Crippen MR) is 119 cm³/mol. The Morgan fingerprint density at radius 1 is 1.31 bits per heavy atom. The van der Waals surface area contributed by atoms with Crippen molar-refractivity contribution < 1.29 is 4.79 Å². The molecule has 2 aromatic rings. The van der Waals surface area contributed by atoms with E-state index in [1.54, 1.807) is 6.20 Å². The number of aromatic nitrogens is 3. The molecule has 0 aliphatic carbocycles. The lowest BCUT2D eigenvalue weighted by Gasteiger charge is -2.09. The van der Waals surface area contributed by atoms with Crippen molar-refractivity contribution in [2.24, 2.45) is 0 Å². The van der Waals surface area contributed by atoms with E-state index in [0.717, 1.165) is 41.5 Å². The Bertz CT molecular complexity index is 854. The van der Waals surface area contributed by atoms with Crippen LogP contribution in [-0.4, -0.2) is 58.9 Å². The van der Waals surface area contributed by atoms with Gasteiger partial charge in [-0.2, -0.15) is 9.36 Å². The minimum Gasteiger partial charge on any atom is -0.369 e. The summed E-state index contributed by atoms with van der Waals surface area (Å²) in [7, 11) is 3.74. The summed E-state index contributed by atoms with van der Waals surface area (Å²) in [6.07, 6.45) is 4.21. The van der Waals surface area contributed by atoms with Gasteiger partial charge in [-0.25, -0.2) is 4.98 Å². The second-order valence-electron chi connectivity index (χ2n) is 6.83. The Morgan fingerprint density at radius 3 is 2.83 bits per heavy atom. The lowest BCUT2D eigenvalue weighted by molar-refractivity contribution is -0.121. The van der Waals surface area contributed by atoms with Crippen LogP contribution in [0.15, 0.2) is 12.3 Å². The molecule has 0 spiro atoms. The average molecular weight is 416 g/mol. The zero-order valence-corrected chi connectivity index (χ0v) is 18.3. The fraction of sp³-hybridized carbons (Fsp3) is 0.500. The van der Waals surface area contributed by atoms with Crippen LogP contribution in [0.2, 0.25) is 0 Å². The molecule has 0 saturated heterocycles. The molecule has 0 aromatic carbocycles. The van der Waals surface area contributed by atoms with Crippen LogP contribution in [0.4, 0.5) is 16.8 Å². The number of nitrogens with zero attached hydrogens (tertiary/aromatic N) is 4. The molecule has 29 heavy (non-hydrogen) atoms. The number of rotatable bonds is 10. The molecule has 0 bridgehead atoms. The smallest absolute Gasteiger partial charge is 0.234 e. The molecule has 1 amide bonds. The highest BCUT2D eigenvalue weighted by Gasteiger charge is 2.07. The lowest BCUT2D eigenvalue weighted by atomic mass is 10.2. The van der Waals surface area contributed by atoms with E-state index in [2.05, 4.69) is 49.1 Å². The van der Waals surface area contributed by atoms with Crippen molar-refractivity contribution in [2.75, 3.05) is 44.4 Å². The molecule has 2 rings (SSSR count). The van der Waals surface area contributed by atoms with E-state index in [4.69, 9.17) is 0 Å². The van der Waals surface area contributed by atoms with Gasteiger partial charge in [0, 0.05) is 19.5 Å². The van der Waals surface area contributed by atoms with Gasteiger partial charge in [0.1, 0.15) is 10.8 Å². The third kappa shape index (κ3) is 8.46. The van der Waals surface area contributed by atoms with Gasteiger partial charge >= 0.3 is 0 Å². The van der Waals surface area contributed by atoms with Crippen molar-refractivity contribution in [3.63, 3.8) is 0 Å². The molecule has 0 atom stereocenters. The van der Waals surface area contributed by atoms with E-state index in [-0.39, 0.29) is 5.91 Å². The average Bonchev–Trinajstić information content (AvgIpc) is 3.08. The van der Waals surface area contributed by atoms with E-state index in [1.807, 2.05) is 32.0 Å². The zero-order valence-electron chi connectivity index (χ0n) is 17.5. The third-order valence-corrected chi connectivity index (χ3v) is 4.47. The second kappa shape index (κ2) is 12.0. The van der Waals surface area contributed by atoms with Crippen LogP contribution in [0.3, 0.4) is 0 Å². The van der Waals surface area contributed by atoms with E-state index in [0.29, 0.717) is 25.5 Å². The quantitative estimate of drug-likeness (QED) is 0.405. The van der Waals surface area contributed by atoms with Gasteiger partial charge in [-0.3, -0.25) is 4.79 Å². The van der Waals surface area contributed by atoms with E-state index >= 15 is 0 Å². The van der Waals surface area contributed by atoms with E-state index in [9.17, 15) is 4.79 Å². The Balaban J connectivity index is 1.93. The first kappa shape index (κ1) is 22.6. The van der Waals surface area contributed by atoms with Gasteiger partial charge in [-0.05, 0) is 51.5 Å². The minimum atomic E-state index is 0.0293. The molecular weight excluding hydrogens is 386 g/mol. The monoisotopic (exact) mass is 415 g/mol. The SMILES string of the molecule is CCCNc1nc(Nc2cc(C)ns2)ncc1C#CCCCNC(=O)CN(C)C. The second-order valence-corrected chi connectivity index (χ2v) is 7.64. The maximum atomic E-state index is 11.6. The van der Waals surface area contributed by atoms with Crippen molar-refractivity contribution in [3.05, 3.63) is 23.5 Å². The van der Waals surface area contributed by atoms with Crippen molar-refractivity contribution in [1.29, 1.82) is 0 Å². The molecule has 0 aliphatic rings. The highest BCUT2D eigenvalue weighted by atomic mass is 32.1. The number of likely N-dealkylation sites (N-methyl/N-ethyl adjacent to an activating group) is 1. The van der Waals surface area contributed by atoms with E-state index < -0.39 is 0 Å². The Kier molecular flexibility index (Phi) is 9.34. The normalized spacial score (nSPS) is 10.4. The standard InChI is InChI=1S/C20H29N7OS/c1-5-10-22-19-16(9-7-6-8-11-21-17(28)14-27(3)4)13-23-20(25-19)24-18-12-15(2)26-29-18/h12-13H,5-6,8,10-11,14H2,1-4H3,(H,21,28)(H2,22,23,24,25). The summed E-state index contributed by atoms with van der Waals surface area (Å²) < 4.78 is 4.25. The number of amides is 1. The molecular formula is C20H29N7OS. The van der Waals surface area contributed by atoms with Crippen LogP contribution < -0.4 is 16.0 Å². The summed E-state index contributed by atoms with van der Waals surface area (Å²) in [5, 5.41) is 10.3. The number of hydrogen-bond acceptors (Lipinski definition) is 8. The fourth-order valence-corrected chi connectivity index (χ4v) is 3.01. The van der Waals surface area contributed by atoms with E-state index in [1.165, 1.54) is 11.5 Å². The summed E-state index contributed by atoms with van der Waals surface area (Å²) in [5.41, 5.74) is 1.73. The molecule has 3 N–H and O–H groups in total. The highest BCUT2D eigenvalue weighted by Crippen LogP contribution is 2.21. The van der Waals surface area contributed by atoms with Crippen molar-refractivity contribution in [1.82, 2.24) is 24.6 Å². The van der Waals surface area contributed by atoms with Crippen molar-refractivity contribution in [2.45, 2.75) is 33.1 Å². The van der Waals surface area contributed by atoms with Crippen LogP contribution >= 0.6 is 11.5 Å². The maximum absolute atomic E-state index is 11.6. The molecule has 8 nitrogen and oxygen atoms in total. The Labute approximate surface area is 176 Å². The first-order valence-corrected chi connectivity index (χ1v) is 10.5. The molecule has 0 saturated carbocycles. The first-order valence-electron chi connectivity index (χ1n) is 9.69. The molecule has 0 unspecified atom stereocenters. The number of aryl methyl sites for hydroxylation is 1. The first-order chi connectivity index (χ1) is 14.0. The largest absolute Gasteiger partial charge is 0.369 e. The summed E-state index contributed by atoms with van der Waals surface area (Å²) in [5.74, 6) is 7.55. The van der Waals surface area contributed by atoms with Crippen LogP contribution in [-0.2, 0) is 4.79 Å². The molecule has 0 radical (unpaired) electrons. The Hall–Kier alpha value is -2.70. The number of nitrogens with one attached hydrogen (secondary N) is 3. The van der Waals surface area contributed by atoms with Gasteiger partial charge in [-0.15, -0.1) is 0 Å². The van der Waals surface area contributed by atoms with Gasteiger partial charge in [0.05, 0.1) is 24.0 Å². The zero-order chi connectivity index (χ0) is 21.1. The molecule has 0 aliphatic heterocycles. The van der Waals surface area contributed by atoms with Gasteiger partial charge in [0.25, 0.3) is 0 Å². The number of carbonyl (C=O) groups excluding carboxylic acids is 1. The number of hydrogen-bond donors (Lipinski definition) is 3.